The first-order valence-electron chi connectivity index (χ1n) is 7.79. The number of nitrogens with zero attached hydrogens (tertiary/aromatic N) is 3. The monoisotopic (exact) mass is 292 g/mol. The Morgan fingerprint density at radius 3 is 2.71 bits per heavy atom. The highest BCUT2D eigenvalue weighted by atomic mass is 16.6. The van der Waals surface area contributed by atoms with Crippen LogP contribution in [0.5, 0.6) is 0 Å². The van der Waals surface area contributed by atoms with Crippen LogP contribution in [0, 0.1) is 16.0 Å². The quantitative estimate of drug-likeness (QED) is 0.587. The molecule has 0 aliphatic heterocycles. The summed E-state index contributed by atoms with van der Waals surface area (Å²) in [6.07, 6.45) is 4.77. The van der Waals surface area contributed by atoms with Crippen LogP contribution in [0.2, 0.25) is 0 Å². The van der Waals surface area contributed by atoms with Crippen molar-refractivity contribution in [3.8, 4) is 0 Å². The van der Waals surface area contributed by atoms with Crippen LogP contribution in [0.4, 0.5) is 17.3 Å². The molecule has 0 amide bonds. The topological polar surface area (TPSA) is 71.3 Å². The van der Waals surface area contributed by atoms with Gasteiger partial charge in [0.1, 0.15) is 11.6 Å². The van der Waals surface area contributed by atoms with Gasteiger partial charge in [-0.15, -0.1) is 0 Å². The molecule has 0 radical (unpaired) electrons. The zero-order valence-corrected chi connectivity index (χ0v) is 12.8. The van der Waals surface area contributed by atoms with Crippen LogP contribution in [0.3, 0.4) is 0 Å². The average Bonchev–Trinajstić information content (AvgIpc) is 2.43. The normalized spacial score (nSPS) is 14.6. The Morgan fingerprint density at radius 1 is 1.43 bits per heavy atom. The van der Waals surface area contributed by atoms with E-state index >= 15 is 0 Å². The third-order valence-corrected chi connectivity index (χ3v) is 3.97. The standard InChI is InChI=1S/C15H24N4O2/c1-3-8-16-14-9-13(19(20)21)10-15(17-14)18(4-2)11-12-6-5-7-12/h9-10,12H,3-8,11H2,1-2H3,(H,16,17). The van der Waals surface area contributed by atoms with E-state index in [0.717, 1.165) is 26.1 Å². The van der Waals surface area contributed by atoms with E-state index in [1.165, 1.54) is 25.3 Å². The smallest absolute Gasteiger partial charge is 0.276 e. The van der Waals surface area contributed by atoms with Gasteiger partial charge in [-0.2, -0.15) is 0 Å². The van der Waals surface area contributed by atoms with Crippen molar-refractivity contribution in [1.29, 1.82) is 0 Å². The number of nitrogens with one attached hydrogen (secondary N) is 1. The Morgan fingerprint density at radius 2 is 2.19 bits per heavy atom. The largest absolute Gasteiger partial charge is 0.370 e. The fraction of sp³-hybridized carbons (Fsp3) is 0.667. The zero-order chi connectivity index (χ0) is 15.2. The first-order chi connectivity index (χ1) is 10.1. The van der Waals surface area contributed by atoms with Crippen LogP contribution < -0.4 is 10.2 Å². The molecule has 1 fully saturated rings. The van der Waals surface area contributed by atoms with Gasteiger partial charge >= 0.3 is 0 Å². The molecule has 0 spiro atoms. The van der Waals surface area contributed by atoms with Crippen molar-refractivity contribution in [2.75, 3.05) is 29.9 Å². The Bertz CT molecular complexity index is 489. The average molecular weight is 292 g/mol. The molecule has 1 aromatic heterocycles. The van der Waals surface area contributed by atoms with E-state index in [1.807, 2.05) is 0 Å². The van der Waals surface area contributed by atoms with Crippen LogP contribution >= 0.6 is 0 Å². The van der Waals surface area contributed by atoms with Crippen molar-refractivity contribution < 1.29 is 4.92 Å². The molecule has 0 aromatic carbocycles. The van der Waals surface area contributed by atoms with Gasteiger partial charge in [-0.1, -0.05) is 13.3 Å². The fourth-order valence-corrected chi connectivity index (χ4v) is 2.48. The van der Waals surface area contributed by atoms with Gasteiger partial charge in [0.2, 0.25) is 0 Å². The molecular weight excluding hydrogens is 268 g/mol. The van der Waals surface area contributed by atoms with Crippen molar-refractivity contribution in [1.82, 2.24) is 4.98 Å². The Hall–Kier alpha value is -1.85. The fourth-order valence-electron chi connectivity index (χ4n) is 2.48. The van der Waals surface area contributed by atoms with E-state index in [-0.39, 0.29) is 10.6 Å². The number of rotatable bonds is 8. The molecule has 0 atom stereocenters. The zero-order valence-electron chi connectivity index (χ0n) is 12.8. The lowest BCUT2D eigenvalue weighted by atomic mass is 9.85. The number of pyridine rings is 1. The van der Waals surface area contributed by atoms with E-state index in [4.69, 9.17) is 0 Å². The van der Waals surface area contributed by atoms with Crippen molar-refractivity contribution in [3.63, 3.8) is 0 Å². The van der Waals surface area contributed by atoms with Crippen LogP contribution in [0.25, 0.3) is 0 Å². The van der Waals surface area contributed by atoms with Gasteiger partial charge in [-0.05, 0) is 32.1 Å². The first kappa shape index (κ1) is 15.5. The molecule has 2 rings (SSSR count). The van der Waals surface area contributed by atoms with Gasteiger partial charge in [0.15, 0.2) is 0 Å². The molecule has 116 valence electrons. The van der Waals surface area contributed by atoms with Crippen LogP contribution in [-0.2, 0) is 0 Å². The van der Waals surface area contributed by atoms with Crippen LogP contribution in [0.15, 0.2) is 12.1 Å². The summed E-state index contributed by atoms with van der Waals surface area (Å²) in [6.45, 7) is 6.65. The first-order valence-corrected chi connectivity index (χ1v) is 7.79. The van der Waals surface area contributed by atoms with E-state index in [1.54, 1.807) is 6.07 Å². The Balaban J connectivity index is 2.21. The highest BCUT2D eigenvalue weighted by Gasteiger charge is 2.22. The number of aromatic nitrogens is 1. The van der Waals surface area contributed by atoms with E-state index < -0.39 is 0 Å². The number of nitro groups is 1. The van der Waals surface area contributed by atoms with E-state index in [0.29, 0.717) is 17.6 Å². The second-order valence-electron chi connectivity index (χ2n) is 5.59. The Labute approximate surface area is 125 Å². The lowest BCUT2D eigenvalue weighted by Gasteiger charge is -2.32. The maximum absolute atomic E-state index is 11.1. The molecule has 6 heteroatoms. The van der Waals surface area contributed by atoms with Crippen molar-refractivity contribution in [2.45, 2.75) is 39.5 Å². The number of anilines is 2. The minimum atomic E-state index is -0.348. The van der Waals surface area contributed by atoms with Gasteiger partial charge in [0.25, 0.3) is 5.69 Å². The minimum Gasteiger partial charge on any atom is -0.370 e. The van der Waals surface area contributed by atoms with Gasteiger partial charge < -0.3 is 10.2 Å². The predicted molar refractivity (Wildman–Crippen MR) is 84.9 cm³/mol. The lowest BCUT2D eigenvalue weighted by Crippen LogP contribution is -2.33. The SMILES string of the molecule is CCCNc1cc([N+](=O)[O-])cc(N(CC)CC2CCC2)n1. The molecule has 1 aliphatic carbocycles. The van der Waals surface area contributed by atoms with Gasteiger partial charge in [-0.25, -0.2) is 4.98 Å². The highest BCUT2D eigenvalue weighted by molar-refractivity contribution is 5.56. The predicted octanol–water partition coefficient (Wildman–Crippen LogP) is 3.44. The van der Waals surface area contributed by atoms with Gasteiger partial charge in [-0.3, -0.25) is 10.1 Å². The third-order valence-electron chi connectivity index (χ3n) is 3.97. The molecule has 0 bridgehead atoms. The molecule has 1 aromatic rings. The molecule has 6 nitrogen and oxygen atoms in total. The second kappa shape index (κ2) is 7.24. The van der Waals surface area contributed by atoms with Crippen LogP contribution in [0.1, 0.15) is 39.5 Å². The third kappa shape index (κ3) is 4.06. The van der Waals surface area contributed by atoms with Crippen molar-refractivity contribution in [2.24, 2.45) is 5.92 Å². The minimum absolute atomic E-state index is 0.102. The van der Waals surface area contributed by atoms with E-state index in [9.17, 15) is 10.1 Å². The molecule has 1 saturated carbocycles. The summed E-state index contributed by atoms with van der Waals surface area (Å²) in [5.41, 5.74) is 0.102. The molecule has 1 heterocycles. The highest BCUT2D eigenvalue weighted by Crippen LogP contribution is 2.30. The molecule has 1 N–H and O–H groups in total. The summed E-state index contributed by atoms with van der Waals surface area (Å²) in [4.78, 5) is 17.5. The Kier molecular flexibility index (Phi) is 5.36. The van der Waals surface area contributed by atoms with Crippen molar-refractivity contribution >= 4 is 17.3 Å². The summed E-state index contributed by atoms with van der Waals surface area (Å²) < 4.78 is 0. The van der Waals surface area contributed by atoms with E-state index in [2.05, 4.69) is 29.0 Å². The number of hydrogen-bond acceptors (Lipinski definition) is 5. The summed E-state index contributed by atoms with van der Waals surface area (Å²) in [5, 5.41) is 14.3. The molecule has 0 saturated heterocycles. The summed E-state index contributed by atoms with van der Waals surface area (Å²) in [6, 6.07) is 3.09. The van der Waals surface area contributed by atoms with Crippen molar-refractivity contribution in [3.05, 3.63) is 22.2 Å². The summed E-state index contributed by atoms with van der Waals surface area (Å²) in [5.74, 6) is 2.00. The van der Waals surface area contributed by atoms with Gasteiger partial charge in [0.05, 0.1) is 17.1 Å². The molecule has 0 unspecified atom stereocenters. The lowest BCUT2D eigenvalue weighted by molar-refractivity contribution is -0.384. The molecule has 21 heavy (non-hydrogen) atoms. The number of hydrogen-bond donors (Lipinski definition) is 1. The summed E-state index contributed by atoms with van der Waals surface area (Å²) >= 11 is 0. The molecule has 1 aliphatic rings. The maximum atomic E-state index is 11.1. The van der Waals surface area contributed by atoms with Gasteiger partial charge in [0, 0.05) is 19.6 Å². The summed E-state index contributed by atoms with van der Waals surface area (Å²) in [7, 11) is 0. The van der Waals surface area contributed by atoms with Crippen LogP contribution in [-0.4, -0.2) is 29.5 Å². The maximum Gasteiger partial charge on any atom is 0.276 e. The molecular formula is C15H24N4O2. The second-order valence-corrected chi connectivity index (χ2v) is 5.59.